The highest BCUT2D eigenvalue weighted by Crippen LogP contribution is 2.34. The molecule has 0 saturated carbocycles. The highest BCUT2D eigenvalue weighted by atomic mass is 32.1. The molecule has 0 fully saturated rings. The van der Waals surface area contributed by atoms with Crippen LogP contribution in [-0.2, 0) is 11.3 Å². The van der Waals surface area contributed by atoms with Gasteiger partial charge in [0.05, 0.1) is 11.4 Å². The van der Waals surface area contributed by atoms with Gasteiger partial charge in [0.2, 0.25) is 0 Å². The number of carbonyl (C=O) groups is 1. The Bertz CT molecular complexity index is 922. The topological polar surface area (TPSA) is 115 Å². The van der Waals surface area contributed by atoms with E-state index in [1.165, 1.54) is 6.33 Å². The second-order valence-corrected chi connectivity index (χ2v) is 6.86. The lowest BCUT2D eigenvalue weighted by atomic mass is 10.2. The average molecular weight is 376 g/mol. The molecule has 0 aliphatic rings. The number of nitrogens with zero attached hydrogens (tertiary/aromatic N) is 5. The molecule has 0 saturated heterocycles. The van der Waals surface area contributed by atoms with Crippen molar-refractivity contribution in [3.63, 3.8) is 0 Å². The van der Waals surface area contributed by atoms with Gasteiger partial charge in [-0.05, 0) is 25.8 Å². The highest BCUT2D eigenvalue weighted by Gasteiger charge is 2.21. The predicted octanol–water partition coefficient (Wildman–Crippen LogP) is 2.50. The first-order chi connectivity index (χ1) is 12.5. The number of nitrogens with one attached hydrogen (secondary N) is 1. The summed E-state index contributed by atoms with van der Waals surface area (Å²) in [7, 11) is 1.67. The van der Waals surface area contributed by atoms with Gasteiger partial charge in [-0.3, -0.25) is 0 Å². The molecular weight excluding hydrogens is 356 g/mol. The summed E-state index contributed by atoms with van der Waals surface area (Å²) in [5.74, 6) is 0.414. The van der Waals surface area contributed by atoms with Crippen molar-refractivity contribution in [2.45, 2.75) is 32.9 Å². The first-order valence-electron chi connectivity index (χ1n) is 8.13. The Labute approximate surface area is 154 Å². The number of aryl methyl sites for hydroxylation is 2. The lowest BCUT2D eigenvalue weighted by Crippen LogP contribution is -2.15. The zero-order valence-electron chi connectivity index (χ0n) is 14.8. The van der Waals surface area contributed by atoms with Crippen LogP contribution in [0.2, 0.25) is 0 Å². The fraction of sp³-hybridized carbons (Fsp3) is 0.438. The molecule has 3 rings (SSSR count). The third-order valence-electron chi connectivity index (χ3n) is 4.05. The summed E-state index contributed by atoms with van der Waals surface area (Å²) in [5, 5.41) is 21.6. The van der Waals surface area contributed by atoms with E-state index >= 15 is 0 Å². The van der Waals surface area contributed by atoms with E-state index in [0.717, 1.165) is 35.5 Å². The zero-order valence-corrected chi connectivity index (χ0v) is 15.6. The second-order valence-electron chi connectivity index (χ2n) is 5.86. The summed E-state index contributed by atoms with van der Waals surface area (Å²) in [6, 6.07) is -0.161. The van der Waals surface area contributed by atoms with Gasteiger partial charge in [-0.2, -0.15) is 0 Å². The maximum absolute atomic E-state index is 11.4. The van der Waals surface area contributed by atoms with Crippen LogP contribution in [0.3, 0.4) is 0 Å². The molecule has 0 bridgehead atoms. The highest BCUT2D eigenvalue weighted by molar-refractivity contribution is 7.20. The van der Waals surface area contributed by atoms with Gasteiger partial charge in [-0.15, -0.1) is 21.5 Å². The van der Waals surface area contributed by atoms with Gasteiger partial charge in [0, 0.05) is 20.3 Å². The number of ether oxygens (including phenoxy) is 1. The van der Waals surface area contributed by atoms with Gasteiger partial charge in [0.25, 0.3) is 0 Å². The number of hydrogen-bond acceptors (Lipinski definition) is 8. The SMILES string of the molecule is COCCCn1cnnc1[C@@H](C)Nc1ncnc2sc(C(=O)O)c(C)c12. The quantitative estimate of drug-likeness (QED) is 0.576. The molecule has 0 aromatic carbocycles. The van der Waals surface area contributed by atoms with E-state index in [0.29, 0.717) is 22.8 Å². The smallest absolute Gasteiger partial charge is 0.346 e. The van der Waals surface area contributed by atoms with Gasteiger partial charge < -0.3 is 19.7 Å². The minimum Gasteiger partial charge on any atom is -0.477 e. The van der Waals surface area contributed by atoms with Crippen molar-refractivity contribution in [1.82, 2.24) is 24.7 Å². The van der Waals surface area contributed by atoms with Crippen molar-refractivity contribution < 1.29 is 14.6 Å². The van der Waals surface area contributed by atoms with Gasteiger partial charge in [0.15, 0.2) is 5.82 Å². The molecule has 0 aliphatic carbocycles. The van der Waals surface area contributed by atoms with E-state index in [1.54, 1.807) is 20.4 Å². The third kappa shape index (κ3) is 3.51. The van der Waals surface area contributed by atoms with E-state index in [1.807, 2.05) is 11.5 Å². The Morgan fingerprint density at radius 1 is 1.46 bits per heavy atom. The van der Waals surface area contributed by atoms with Crippen LogP contribution in [0.15, 0.2) is 12.7 Å². The molecule has 2 N–H and O–H groups in total. The first kappa shape index (κ1) is 18.2. The Balaban J connectivity index is 1.87. The van der Waals surface area contributed by atoms with Gasteiger partial charge in [-0.25, -0.2) is 14.8 Å². The number of aromatic carboxylic acids is 1. The monoisotopic (exact) mass is 376 g/mol. The minimum absolute atomic E-state index is 0.161. The van der Waals surface area contributed by atoms with Crippen LogP contribution in [0.4, 0.5) is 5.82 Å². The summed E-state index contributed by atoms with van der Waals surface area (Å²) in [6.07, 6.45) is 3.98. The average Bonchev–Trinajstić information content (AvgIpc) is 3.20. The minimum atomic E-state index is -0.956. The predicted molar refractivity (Wildman–Crippen MR) is 97.7 cm³/mol. The summed E-state index contributed by atoms with van der Waals surface area (Å²) >= 11 is 1.15. The van der Waals surface area contributed by atoms with E-state index in [-0.39, 0.29) is 10.9 Å². The lowest BCUT2D eigenvalue weighted by molar-refractivity contribution is 0.0701. The molecular formula is C16H20N6O3S. The molecule has 9 nitrogen and oxygen atoms in total. The summed E-state index contributed by atoms with van der Waals surface area (Å²) in [5.41, 5.74) is 0.661. The van der Waals surface area contributed by atoms with Crippen molar-refractivity contribution >= 4 is 33.3 Å². The molecule has 0 spiro atoms. The van der Waals surface area contributed by atoms with Crippen molar-refractivity contribution in [2.75, 3.05) is 19.0 Å². The summed E-state index contributed by atoms with van der Waals surface area (Å²) < 4.78 is 7.06. The molecule has 0 radical (unpaired) electrons. The number of rotatable bonds is 8. The van der Waals surface area contributed by atoms with Crippen LogP contribution >= 0.6 is 11.3 Å². The fourth-order valence-electron chi connectivity index (χ4n) is 2.81. The number of aromatic nitrogens is 5. The number of hydrogen-bond donors (Lipinski definition) is 2. The van der Waals surface area contributed by atoms with Crippen LogP contribution in [0.5, 0.6) is 0 Å². The Morgan fingerprint density at radius 3 is 3.00 bits per heavy atom. The van der Waals surface area contributed by atoms with Crippen molar-refractivity contribution in [3.05, 3.63) is 28.9 Å². The number of carboxylic acid groups (broad SMARTS) is 1. The van der Waals surface area contributed by atoms with Crippen molar-refractivity contribution in [2.24, 2.45) is 0 Å². The Hall–Kier alpha value is -2.59. The molecule has 0 amide bonds. The van der Waals surface area contributed by atoms with Crippen LogP contribution in [0.25, 0.3) is 10.2 Å². The van der Waals surface area contributed by atoms with Gasteiger partial charge >= 0.3 is 5.97 Å². The maximum Gasteiger partial charge on any atom is 0.346 e. The van der Waals surface area contributed by atoms with Crippen LogP contribution < -0.4 is 5.32 Å². The normalized spacial score (nSPS) is 12.4. The van der Waals surface area contributed by atoms with E-state index < -0.39 is 5.97 Å². The molecule has 3 aromatic rings. The molecule has 10 heteroatoms. The van der Waals surface area contributed by atoms with Crippen LogP contribution in [0.1, 0.15) is 40.4 Å². The Kier molecular flexibility index (Phi) is 5.43. The van der Waals surface area contributed by atoms with Crippen LogP contribution in [-0.4, -0.2) is 49.5 Å². The molecule has 138 valence electrons. The lowest BCUT2D eigenvalue weighted by Gasteiger charge is -2.16. The maximum atomic E-state index is 11.4. The zero-order chi connectivity index (χ0) is 18.7. The number of thiophene rings is 1. The number of anilines is 1. The van der Waals surface area contributed by atoms with Crippen LogP contribution in [0, 0.1) is 6.92 Å². The molecule has 26 heavy (non-hydrogen) atoms. The first-order valence-corrected chi connectivity index (χ1v) is 8.95. The van der Waals surface area contributed by atoms with E-state index in [4.69, 9.17) is 4.74 Å². The largest absolute Gasteiger partial charge is 0.477 e. The number of methoxy groups -OCH3 is 1. The molecule has 0 unspecified atom stereocenters. The Morgan fingerprint density at radius 2 is 2.27 bits per heavy atom. The van der Waals surface area contributed by atoms with E-state index in [2.05, 4.69) is 25.5 Å². The van der Waals surface area contributed by atoms with E-state index in [9.17, 15) is 9.90 Å². The molecule has 0 aliphatic heterocycles. The fourth-order valence-corrected chi connectivity index (χ4v) is 3.79. The van der Waals surface area contributed by atoms with Crippen molar-refractivity contribution in [1.29, 1.82) is 0 Å². The van der Waals surface area contributed by atoms with Crippen molar-refractivity contribution in [3.8, 4) is 0 Å². The van der Waals surface area contributed by atoms with Gasteiger partial charge in [-0.1, -0.05) is 0 Å². The third-order valence-corrected chi connectivity index (χ3v) is 5.24. The number of carboxylic acids is 1. The summed E-state index contributed by atoms with van der Waals surface area (Å²) in [4.78, 5) is 20.8. The van der Waals surface area contributed by atoms with Gasteiger partial charge in [0.1, 0.15) is 28.2 Å². The molecule has 3 aromatic heterocycles. The number of fused-ring (bicyclic) bond motifs is 1. The molecule has 1 atom stereocenters. The second kappa shape index (κ2) is 7.75. The molecule has 3 heterocycles. The standard InChI is InChI=1S/C16H20N6O3S/c1-9-11-13(17-7-18-15(11)26-12(9)16(23)24)20-10(2)14-21-19-8-22(14)5-4-6-25-3/h7-8,10H,4-6H2,1-3H3,(H,23,24)(H,17,18,20)/t10-/m1/s1. The summed E-state index contributed by atoms with van der Waals surface area (Å²) in [6.45, 7) is 5.15.